The minimum absolute atomic E-state index is 0.0827. The molecule has 0 saturated carbocycles. The van der Waals surface area contributed by atoms with Crippen LogP contribution in [0.1, 0.15) is 20.3 Å². The molecule has 102 valence electrons. The van der Waals surface area contributed by atoms with Crippen molar-refractivity contribution in [3.05, 3.63) is 0 Å². The Hall–Kier alpha value is -1.10. The second kappa shape index (κ2) is 5.26. The Bertz CT molecular complexity index is 337. The fraction of sp³-hybridized carbons (Fsp3) is 0.846. The van der Waals surface area contributed by atoms with Crippen molar-refractivity contribution in [2.45, 2.75) is 20.3 Å². The Morgan fingerprint density at radius 2 is 2.06 bits per heavy atom. The molecule has 0 aromatic heterocycles. The number of nitrogens with zero attached hydrogens (tertiary/aromatic N) is 2. The van der Waals surface area contributed by atoms with Crippen LogP contribution in [-0.2, 0) is 9.59 Å². The summed E-state index contributed by atoms with van der Waals surface area (Å²) < 4.78 is 0. The van der Waals surface area contributed by atoms with E-state index in [2.05, 4.69) is 13.8 Å². The number of likely N-dealkylation sites (tertiary alicyclic amines) is 2. The van der Waals surface area contributed by atoms with Gasteiger partial charge in [0.2, 0.25) is 11.8 Å². The van der Waals surface area contributed by atoms with Crippen LogP contribution in [0.15, 0.2) is 0 Å². The van der Waals surface area contributed by atoms with E-state index in [4.69, 9.17) is 5.11 Å². The molecule has 5 nitrogen and oxygen atoms in total. The van der Waals surface area contributed by atoms with Crippen molar-refractivity contribution in [2.75, 3.05) is 32.8 Å². The van der Waals surface area contributed by atoms with Gasteiger partial charge in [0.1, 0.15) is 0 Å². The quantitative estimate of drug-likeness (QED) is 0.764. The lowest BCUT2D eigenvalue weighted by atomic mass is 9.97. The minimum Gasteiger partial charge on any atom is -0.396 e. The van der Waals surface area contributed by atoms with E-state index in [0.29, 0.717) is 32.0 Å². The van der Waals surface area contributed by atoms with E-state index >= 15 is 0 Å². The van der Waals surface area contributed by atoms with Gasteiger partial charge in [0.15, 0.2) is 0 Å². The van der Waals surface area contributed by atoms with E-state index in [1.807, 2.05) is 0 Å². The van der Waals surface area contributed by atoms with Crippen LogP contribution in [0.25, 0.3) is 0 Å². The highest BCUT2D eigenvalue weighted by atomic mass is 16.3. The van der Waals surface area contributed by atoms with Crippen LogP contribution in [0.2, 0.25) is 0 Å². The van der Waals surface area contributed by atoms with E-state index in [-0.39, 0.29) is 30.3 Å². The van der Waals surface area contributed by atoms with Crippen molar-refractivity contribution >= 4 is 11.8 Å². The van der Waals surface area contributed by atoms with Crippen LogP contribution < -0.4 is 0 Å². The van der Waals surface area contributed by atoms with Gasteiger partial charge < -0.3 is 14.9 Å². The van der Waals surface area contributed by atoms with Gasteiger partial charge in [0, 0.05) is 45.1 Å². The maximum atomic E-state index is 12.1. The fourth-order valence-corrected chi connectivity index (χ4v) is 2.68. The van der Waals surface area contributed by atoms with Gasteiger partial charge in [-0.05, 0) is 5.92 Å². The first-order valence-corrected chi connectivity index (χ1v) is 6.68. The molecule has 2 aliphatic heterocycles. The molecule has 1 atom stereocenters. The monoisotopic (exact) mass is 254 g/mol. The molecule has 2 fully saturated rings. The molecule has 18 heavy (non-hydrogen) atoms. The zero-order valence-corrected chi connectivity index (χ0v) is 11.1. The summed E-state index contributed by atoms with van der Waals surface area (Å²) in [6.07, 6.45) is 0.353. The molecule has 2 aliphatic rings. The number of rotatable bonds is 4. The van der Waals surface area contributed by atoms with Gasteiger partial charge >= 0.3 is 0 Å². The van der Waals surface area contributed by atoms with E-state index in [9.17, 15) is 9.59 Å². The molecule has 1 N–H and O–H groups in total. The number of carbonyl (C=O) groups is 2. The van der Waals surface area contributed by atoms with E-state index in [0.717, 1.165) is 6.54 Å². The third-order valence-corrected chi connectivity index (χ3v) is 3.68. The number of aliphatic hydroxyl groups is 1. The molecule has 0 radical (unpaired) electrons. The summed E-state index contributed by atoms with van der Waals surface area (Å²) in [4.78, 5) is 27.5. The molecule has 2 amide bonds. The molecule has 2 heterocycles. The zero-order valence-electron chi connectivity index (χ0n) is 11.1. The highest BCUT2D eigenvalue weighted by Gasteiger charge is 2.40. The lowest BCUT2D eigenvalue weighted by Crippen LogP contribution is -2.53. The molecule has 2 saturated heterocycles. The lowest BCUT2D eigenvalue weighted by molar-refractivity contribution is -0.142. The predicted molar refractivity (Wildman–Crippen MR) is 66.7 cm³/mol. The average Bonchev–Trinajstić information content (AvgIpc) is 2.58. The first-order chi connectivity index (χ1) is 8.51. The second-order valence-electron chi connectivity index (χ2n) is 5.89. The molecule has 0 bridgehead atoms. The molecule has 0 aromatic rings. The van der Waals surface area contributed by atoms with Crippen LogP contribution in [0.4, 0.5) is 0 Å². The van der Waals surface area contributed by atoms with E-state index in [1.54, 1.807) is 9.80 Å². The van der Waals surface area contributed by atoms with Crippen LogP contribution in [0.3, 0.4) is 0 Å². The van der Waals surface area contributed by atoms with Gasteiger partial charge in [0.05, 0.1) is 5.92 Å². The van der Waals surface area contributed by atoms with Crippen LogP contribution in [0, 0.1) is 17.8 Å². The van der Waals surface area contributed by atoms with Crippen molar-refractivity contribution in [2.24, 2.45) is 17.8 Å². The number of hydrogen-bond acceptors (Lipinski definition) is 3. The Kier molecular flexibility index (Phi) is 3.90. The Balaban J connectivity index is 1.84. The van der Waals surface area contributed by atoms with Gasteiger partial charge in [0.25, 0.3) is 0 Å². The summed E-state index contributed by atoms with van der Waals surface area (Å²) in [6, 6.07) is 0. The molecular formula is C13H22N2O3. The van der Waals surface area contributed by atoms with Crippen LogP contribution in [-0.4, -0.2) is 59.5 Å². The Morgan fingerprint density at radius 3 is 2.61 bits per heavy atom. The van der Waals surface area contributed by atoms with Crippen molar-refractivity contribution in [1.29, 1.82) is 0 Å². The van der Waals surface area contributed by atoms with Gasteiger partial charge in [-0.1, -0.05) is 13.8 Å². The SMILES string of the molecule is CC(C)CN1CC(C(=O)N2CC(CO)C2)CC1=O. The third-order valence-electron chi connectivity index (χ3n) is 3.68. The molecule has 5 heteroatoms. The van der Waals surface area contributed by atoms with Crippen LogP contribution in [0.5, 0.6) is 0 Å². The Morgan fingerprint density at radius 1 is 1.39 bits per heavy atom. The van der Waals surface area contributed by atoms with Gasteiger partial charge in [-0.25, -0.2) is 0 Å². The summed E-state index contributed by atoms with van der Waals surface area (Å²) >= 11 is 0. The van der Waals surface area contributed by atoms with Crippen molar-refractivity contribution in [3.63, 3.8) is 0 Å². The standard InChI is InChI=1S/C13H22N2O3/c1-9(2)4-14-7-11(3-12(14)17)13(18)15-5-10(6-15)8-16/h9-11,16H,3-8H2,1-2H3. The largest absolute Gasteiger partial charge is 0.396 e. The molecule has 0 aromatic carbocycles. The molecular weight excluding hydrogens is 232 g/mol. The second-order valence-corrected chi connectivity index (χ2v) is 5.89. The van der Waals surface area contributed by atoms with E-state index < -0.39 is 0 Å². The van der Waals surface area contributed by atoms with E-state index in [1.165, 1.54) is 0 Å². The summed E-state index contributed by atoms with van der Waals surface area (Å²) in [5.74, 6) is 0.680. The summed E-state index contributed by atoms with van der Waals surface area (Å²) in [6.45, 7) is 6.88. The summed E-state index contributed by atoms with van der Waals surface area (Å²) in [5.41, 5.74) is 0. The maximum Gasteiger partial charge on any atom is 0.228 e. The van der Waals surface area contributed by atoms with Gasteiger partial charge in [-0.3, -0.25) is 9.59 Å². The molecule has 1 unspecified atom stereocenters. The Labute approximate surface area is 108 Å². The first kappa shape index (κ1) is 13.3. The molecule has 0 spiro atoms. The highest BCUT2D eigenvalue weighted by molar-refractivity contribution is 5.89. The van der Waals surface area contributed by atoms with Gasteiger partial charge in [-0.2, -0.15) is 0 Å². The van der Waals surface area contributed by atoms with Gasteiger partial charge in [-0.15, -0.1) is 0 Å². The normalized spacial score (nSPS) is 24.9. The summed E-state index contributed by atoms with van der Waals surface area (Å²) in [7, 11) is 0. The number of hydrogen-bond donors (Lipinski definition) is 1. The first-order valence-electron chi connectivity index (χ1n) is 6.68. The molecule has 2 rings (SSSR count). The lowest BCUT2D eigenvalue weighted by Gasteiger charge is -2.39. The number of aliphatic hydroxyl groups excluding tert-OH is 1. The average molecular weight is 254 g/mol. The maximum absolute atomic E-state index is 12.1. The van der Waals surface area contributed by atoms with Crippen molar-refractivity contribution in [1.82, 2.24) is 9.80 Å². The predicted octanol–water partition coefficient (Wildman–Crippen LogP) is -0.0584. The third kappa shape index (κ3) is 2.66. The summed E-state index contributed by atoms with van der Waals surface area (Å²) in [5, 5.41) is 8.93. The highest BCUT2D eigenvalue weighted by Crippen LogP contribution is 2.25. The number of carbonyl (C=O) groups excluding carboxylic acids is 2. The van der Waals surface area contributed by atoms with Crippen LogP contribution >= 0.6 is 0 Å². The smallest absolute Gasteiger partial charge is 0.228 e. The molecule has 0 aliphatic carbocycles. The topological polar surface area (TPSA) is 60.9 Å². The van der Waals surface area contributed by atoms with Crippen molar-refractivity contribution in [3.8, 4) is 0 Å². The minimum atomic E-state index is -0.170. The fourth-order valence-electron chi connectivity index (χ4n) is 2.68. The zero-order chi connectivity index (χ0) is 13.3. The van der Waals surface area contributed by atoms with Crippen molar-refractivity contribution < 1.29 is 14.7 Å². The number of amides is 2.